The highest BCUT2D eigenvalue weighted by molar-refractivity contribution is 5.87. The molecule has 0 saturated carbocycles. The number of benzene rings is 1. The molecule has 0 fully saturated rings. The van der Waals surface area contributed by atoms with Gasteiger partial charge in [0.05, 0.1) is 18.2 Å². The van der Waals surface area contributed by atoms with Crippen LogP contribution in [0.3, 0.4) is 0 Å². The molecule has 1 aliphatic heterocycles. The minimum absolute atomic E-state index is 0.317. The molecular formula is C12H12N2O2. The smallest absolute Gasteiger partial charge is 0.335 e. The highest BCUT2D eigenvalue weighted by Gasteiger charge is 2.17. The van der Waals surface area contributed by atoms with E-state index in [0.29, 0.717) is 18.7 Å². The van der Waals surface area contributed by atoms with Crippen LogP contribution in [0.25, 0.3) is 0 Å². The molecule has 0 saturated heterocycles. The summed E-state index contributed by atoms with van der Waals surface area (Å²) in [6.45, 7) is 1.94. The quantitative estimate of drug-likeness (QED) is 0.756. The Bertz CT molecular complexity index is 463. The molecule has 1 aromatic carbocycles. The average Bonchev–Trinajstić information content (AvgIpc) is 2.28. The molecule has 1 N–H and O–H groups in total. The molecule has 16 heavy (non-hydrogen) atoms. The van der Waals surface area contributed by atoms with E-state index in [4.69, 9.17) is 10.4 Å². The van der Waals surface area contributed by atoms with E-state index in [0.717, 1.165) is 18.5 Å². The zero-order valence-corrected chi connectivity index (χ0v) is 8.81. The van der Waals surface area contributed by atoms with Gasteiger partial charge in [-0.15, -0.1) is 0 Å². The Hall–Kier alpha value is -1.86. The summed E-state index contributed by atoms with van der Waals surface area (Å²) < 4.78 is 0. The van der Waals surface area contributed by atoms with E-state index >= 15 is 0 Å². The first kappa shape index (κ1) is 10.7. The van der Waals surface area contributed by atoms with Gasteiger partial charge >= 0.3 is 5.97 Å². The first-order chi connectivity index (χ1) is 7.70. The predicted molar refractivity (Wildman–Crippen MR) is 58.0 cm³/mol. The lowest BCUT2D eigenvalue weighted by molar-refractivity contribution is 0.0696. The molecule has 4 heteroatoms. The van der Waals surface area contributed by atoms with Gasteiger partial charge in [-0.1, -0.05) is 6.07 Å². The number of rotatable bonds is 2. The van der Waals surface area contributed by atoms with Crippen LogP contribution in [0.5, 0.6) is 0 Å². The zero-order chi connectivity index (χ0) is 11.5. The van der Waals surface area contributed by atoms with Crippen LogP contribution < -0.4 is 0 Å². The number of hydrogen-bond donors (Lipinski definition) is 1. The van der Waals surface area contributed by atoms with Crippen molar-refractivity contribution in [1.82, 2.24) is 4.90 Å². The van der Waals surface area contributed by atoms with E-state index in [1.54, 1.807) is 12.1 Å². The number of fused-ring (bicyclic) bond motifs is 1. The van der Waals surface area contributed by atoms with Crippen LogP contribution in [0.4, 0.5) is 0 Å². The largest absolute Gasteiger partial charge is 0.478 e. The number of nitrogens with zero attached hydrogens (tertiary/aromatic N) is 2. The van der Waals surface area contributed by atoms with E-state index < -0.39 is 5.97 Å². The number of carboxylic acids is 1. The van der Waals surface area contributed by atoms with Gasteiger partial charge in [-0.05, 0) is 29.7 Å². The lowest BCUT2D eigenvalue weighted by Gasteiger charge is -2.26. The molecule has 0 aliphatic carbocycles. The third-order valence-electron chi connectivity index (χ3n) is 2.84. The van der Waals surface area contributed by atoms with Crippen LogP contribution >= 0.6 is 0 Å². The Kier molecular flexibility index (Phi) is 2.88. The van der Waals surface area contributed by atoms with Gasteiger partial charge in [0.25, 0.3) is 0 Å². The summed E-state index contributed by atoms with van der Waals surface area (Å²) in [5.41, 5.74) is 2.54. The van der Waals surface area contributed by atoms with E-state index in [9.17, 15) is 4.79 Å². The van der Waals surface area contributed by atoms with E-state index in [1.165, 1.54) is 5.56 Å². The van der Waals surface area contributed by atoms with E-state index in [-0.39, 0.29) is 0 Å². The number of carboxylic acid groups (broad SMARTS) is 1. The normalized spacial score (nSPS) is 15.2. The fourth-order valence-electron chi connectivity index (χ4n) is 1.98. The molecule has 82 valence electrons. The third-order valence-corrected chi connectivity index (χ3v) is 2.84. The molecule has 2 rings (SSSR count). The first-order valence-electron chi connectivity index (χ1n) is 5.15. The second-order valence-electron chi connectivity index (χ2n) is 3.91. The van der Waals surface area contributed by atoms with Crippen molar-refractivity contribution < 1.29 is 9.90 Å². The number of hydrogen-bond acceptors (Lipinski definition) is 3. The van der Waals surface area contributed by atoms with Crippen molar-refractivity contribution in [3.05, 3.63) is 34.9 Å². The maximum Gasteiger partial charge on any atom is 0.335 e. The summed E-state index contributed by atoms with van der Waals surface area (Å²) in [7, 11) is 0. The van der Waals surface area contributed by atoms with Crippen LogP contribution in [-0.4, -0.2) is 29.1 Å². The number of nitriles is 1. The molecule has 1 heterocycles. The molecule has 0 amide bonds. The minimum Gasteiger partial charge on any atom is -0.478 e. The van der Waals surface area contributed by atoms with Crippen molar-refractivity contribution in [3.63, 3.8) is 0 Å². The van der Waals surface area contributed by atoms with Crippen molar-refractivity contribution in [1.29, 1.82) is 5.26 Å². The topological polar surface area (TPSA) is 64.3 Å². The molecule has 4 nitrogen and oxygen atoms in total. The summed E-state index contributed by atoms with van der Waals surface area (Å²) in [6.07, 6.45) is 0.886. The Balaban J connectivity index is 2.25. The third kappa shape index (κ3) is 2.05. The summed E-state index contributed by atoms with van der Waals surface area (Å²) in [4.78, 5) is 12.8. The highest BCUT2D eigenvalue weighted by Crippen LogP contribution is 2.20. The summed E-state index contributed by atoms with van der Waals surface area (Å²) in [6, 6.07) is 7.34. The van der Waals surface area contributed by atoms with Gasteiger partial charge in [-0.2, -0.15) is 5.26 Å². The molecule has 0 radical (unpaired) electrons. The van der Waals surface area contributed by atoms with Gasteiger partial charge in [-0.3, -0.25) is 4.90 Å². The maximum atomic E-state index is 10.8. The fraction of sp³-hybridized carbons (Fsp3) is 0.333. The monoisotopic (exact) mass is 216 g/mol. The SMILES string of the molecule is N#CCN1CCc2ccc(C(=O)O)cc2C1. The van der Waals surface area contributed by atoms with Crippen LogP contribution in [0.15, 0.2) is 18.2 Å². The fourth-order valence-corrected chi connectivity index (χ4v) is 1.98. The van der Waals surface area contributed by atoms with Crippen molar-refractivity contribution in [2.24, 2.45) is 0 Å². The molecule has 0 unspecified atom stereocenters. The lowest BCUT2D eigenvalue weighted by Crippen LogP contribution is -2.30. The first-order valence-corrected chi connectivity index (χ1v) is 5.15. The van der Waals surface area contributed by atoms with Crippen molar-refractivity contribution in [2.45, 2.75) is 13.0 Å². The number of carbonyl (C=O) groups is 1. The lowest BCUT2D eigenvalue weighted by atomic mass is 9.97. The Morgan fingerprint density at radius 1 is 1.50 bits per heavy atom. The van der Waals surface area contributed by atoms with Gasteiger partial charge < -0.3 is 5.11 Å². The van der Waals surface area contributed by atoms with Crippen molar-refractivity contribution in [3.8, 4) is 6.07 Å². The molecule has 1 aliphatic rings. The molecule has 0 bridgehead atoms. The zero-order valence-electron chi connectivity index (χ0n) is 8.81. The standard InChI is InChI=1S/C12H12N2O2/c13-4-6-14-5-3-9-1-2-10(12(15)16)7-11(9)8-14/h1-2,7H,3,5-6,8H2,(H,15,16). The van der Waals surface area contributed by atoms with Crippen molar-refractivity contribution in [2.75, 3.05) is 13.1 Å². The Morgan fingerprint density at radius 2 is 2.31 bits per heavy atom. The summed E-state index contributed by atoms with van der Waals surface area (Å²) in [5, 5.41) is 17.5. The van der Waals surface area contributed by atoms with E-state index in [1.807, 2.05) is 11.0 Å². The molecule has 0 aromatic heterocycles. The van der Waals surface area contributed by atoms with Crippen LogP contribution in [0, 0.1) is 11.3 Å². The van der Waals surface area contributed by atoms with Gasteiger partial charge in [0, 0.05) is 13.1 Å². The van der Waals surface area contributed by atoms with Crippen molar-refractivity contribution >= 4 is 5.97 Å². The summed E-state index contributed by atoms with van der Waals surface area (Å²) >= 11 is 0. The number of aromatic carboxylic acids is 1. The van der Waals surface area contributed by atoms with Crippen LogP contribution in [0.2, 0.25) is 0 Å². The van der Waals surface area contributed by atoms with Gasteiger partial charge in [0.2, 0.25) is 0 Å². The maximum absolute atomic E-state index is 10.8. The van der Waals surface area contributed by atoms with E-state index in [2.05, 4.69) is 6.07 Å². The second-order valence-corrected chi connectivity index (χ2v) is 3.91. The van der Waals surface area contributed by atoms with Crippen LogP contribution in [-0.2, 0) is 13.0 Å². The van der Waals surface area contributed by atoms with Crippen LogP contribution in [0.1, 0.15) is 21.5 Å². The van der Waals surface area contributed by atoms with Gasteiger partial charge in [0.1, 0.15) is 0 Å². The summed E-state index contributed by atoms with van der Waals surface area (Å²) in [5.74, 6) is -0.903. The van der Waals surface area contributed by atoms with Gasteiger partial charge in [-0.25, -0.2) is 4.79 Å². The highest BCUT2D eigenvalue weighted by atomic mass is 16.4. The Labute approximate surface area is 93.7 Å². The predicted octanol–water partition coefficient (Wildman–Crippen LogP) is 1.27. The average molecular weight is 216 g/mol. The van der Waals surface area contributed by atoms with Gasteiger partial charge in [0.15, 0.2) is 0 Å². The Morgan fingerprint density at radius 3 is 3.00 bits per heavy atom. The molecule has 0 spiro atoms. The second kappa shape index (κ2) is 4.33. The molecular weight excluding hydrogens is 204 g/mol. The minimum atomic E-state index is -0.903. The molecule has 0 atom stereocenters. The molecule has 1 aromatic rings.